The molecule has 1 saturated carbocycles. The second-order valence-corrected chi connectivity index (χ2v) is 8.70. The zero-order valence-electron chi connectivity index (χ0n) is 16.4. The molecule has 3 heterocycles. The maximum Gasteiger partial charge on any atom is 0.244 e. The fourth-order valence-corrected chi connectivity index (χ4v) is 4.56. The highest BCUT2D eigenvalue weighted by molar-refractivity contribution is 8.00. The molecule has 1 fully saturated rings. The van der Waals surface area contributed by atoms with E-state index in [9.17, 15) is 9.59 Å². The van der Waals surface area contributed by atoms with Crippen molar-refractivity contribution < 1.29 is 9.59 Å². The topological polar surface area (TPSA) is 93.0 Å². The summed E-state index contributed by atoms with van der Waals surface area (Å²) in [5.41, 5.74) is 2.33. The summed E-state index contributed by atoms with van der Waals surface area (Å²) in [6, 6.07) is 11.5. The number of anilines is 2. The molecule has 5 rings (SSSR count). The summed E-state index contributed by atoms with van der Waals surface area (Å²) in [6.07, 6.45) is 5.62. The molecule has 2 amide bonds. The van der Waals surface area contributed by atoms with Gasteiger partial charge < -0.3 is 5.32 Å². The average Bonchev–Trinajstić information content (AvgIpc) is 3.53. The van der Waals surface area contributed by atoms with Gasteiger partial charge in [-0.15, -0.1) is 10.2 Å². The number of benzene rings is 1. The zero-order valence-corrected chi connectivity index (χ0v) is 17.2. The molecule has 30 heavy (non-hydrogen) atoms. The molecule has 8 nitrogen and oxygen atoms in total. The predicted octanol–water partition coefficient (Wildman–Crippen LogP) is 3.14. The van der Waals surface area contributed by atoms with Gasteiger partial charge in [-0.3, -0.25) is 24.0 Å². The van der Waals surface area contributed by atoms with Crippen LogP contribution in [0.25, 0.3) is 11.4 Å². The first-order chi connectivity index (χ1) is 14.6. The number of hydrogen-bond acceptors (Lipinski definition) is 6. The fraction of sp³-hybridized carbons (Fsp3) is 0.286. The number of carbonyl (C=O) groups is 2. The quantitative estimate of drug-likeness (QED) is 0.638. The van der Waals surface area contributed by atoms with Crippen molar-refractivity contribution in [3.8, 4) is 11.4 Å². The number of aromatic nitrogens is 4. The van der Waals surface area contributed by atoms with E-state index in [0.717, 1.165) is 35.1 Å². The molecule has 9 heteroatoms. The molecule has 0 radical (unpaired) electrons. The number of hydrogen-bond donors (Lipinski definition) is 1. The molecular formula is C21H20N6O2S. The summed E-state index contributed by atoms with van der Waals surface area (Å²) in [5.74, 6) is 0.475. The third-order valence-corrected chi connectivity index (χ3v) is 6.23. The van der Waals surface area contributed by atoms with Crippen LogP contribution in [0.5, 0.6) is 0 Å². The first-order valence-corrected chi connectivity index (χ1v) is 10.7. The first kappa shape index (κ1) is 18.8. The van der Waals surface area contributed by atoms with Crippen LogP contribution < -0.4 is 10.2 Å². The van der Waals surface area contributed by atoms with E-state index >= 15 is 0 Å². The van der Waals surface area contributed by atoms with Crippen LogP contribution in [-0.4, -0.2) is 43.4 Å². The number of amides is 2. The van der Waals surface area contributed by atoms with E-state index in [1.54, 1.807) is 23.4 Å². The van der Waals surface area contributed by atoms with E-state index in [0.29, 0.717) is 11.7 Å². The second-order valence-electron chi connectivity index (χ2n) is 7.39. The Morgan fingerprint density at radius 1 is 1.17 bits per heavy atom. The molecule has 2 aromatic heterocycles. The highest BCUT2D eigenvalue weighted by Gasteiger charge is 2.34. The Morgan fingerprint density at radius 2 is 1.93 bits per heavy atom. The molecule has 1 N–H and O–H groups in total. The van der Waals surface area contributed by atoms with Crippen molar-refractivity contribution in [1.29, 1.82) is 0 Å². The van der Waals surface area contributed by atoms with Gasteiger partial charge in [0.15, 0.2) is 11.0 Å². The summed E-state index contributed by atoms with van der Waals surface area (Å²) in [7, 11) is 0. The number of pyridine rings is 1. The van der Waals surface area contributed by atoms with E-state index in [1.807, 2.05) is 37.3 Å². The van der Waals surface area contributed by atoms with Gasteiger partial charge in [-0.2, -0.15) is 0 Å². The SMILES string of the molecule is C[C@H](Sc1nnc(-c2ccncc2)n1C1CC1)C(=O)N1CC(=O)Nc2ccccc21. The molecule has 3 aromatic rings. The van der Waals surface area contributed by atoms with E-state index in [4.69, 9.17) is 0 Å². The molecule has 2 aliphatic rings. The lowest BCUT2D eigenvalue weighted by atomic mass is 10.2. The molecule has 1 aliphatic heterocycles. The van der Waals surface area contributed by atoms with Gasteiger partial charge in [-0.05, 0) is 44.0 Å². The highest BCUT2D eigenvalue weighted by atomic mass is 32.2. The van der Waals surface area contributed by atoms with Crippen LogP contribution in [-0.2, 0) is 9.59 Å². The van der Waals surface area contributed by atoms with E-state index in [2.05, 4.69) is 25.1 Å². The molecule has 0 bridgehead atoms. The van der Waals surface area contributed by atoms with Gasteiger partial charge in [0.2, 0.25) is 11.8 Å². The fourth-order valence-electron chi connectivity index (χ4n) is 3.57. The van der Waals surface area contributed by atoms with Gasteiger partial charge in [0, 0.05) is 24.0 Å². The van der Waals surface area contributed by atoms with E-state index in [1.165, 1.54) is 11.8 Å². The summed E-state index contributed by atoms with van der Waals surface area (Å²) < 4.78 is 2.13. The monoisotopic (exact) mass is 420 g/mol. The summed E-state index contributed by atoms with van der Waals surface area (Å²) in [6.45, 7) is 1.86. The Labute approximate surface area is 177 Å². The van der Waals surface area contributed by atoms with Gasteiger partial charge in [0.05, 0.1) is 16.6 Å². The number of thioether (sulfide) groups is 1. The third kappa shape index (κ3) is 3.45. The van der Waals surface area contributed by atoms with Crippen LogP contribution >= 0.6 is 11.8 Å². The van der Waals surface area contributed by atoms with Gasteiger partial charge in [-0.1, -0.05) is 23.9 Å². The average molecular weight is 420 g/mol. The van der Waals surface area contributed by atoms with Crippen LogP contribution in [0.4, 0.5) is 11.4 Å². The van der Waals surface area contributed by atoms with Crippen LogP contribution in [0.2, 0.25) is 0 Å². The van der Waals surface area contributed by atoms with Crippen molar-refractivity contribution in [2.24, 2.45) is 0 Å². The van der Waals surface area contributed by atoms with Crippen LogP contribution in [0.1, 0.15) is 25.8 Å². The molecule has 1 aromatic carbocycles. The zero-order chi connectivity index (χ0) is 20.7. The van der Waals surface area contributed by atoms with E-state index < -0.39 is 5.25 Å². The van der Waals surface area contributed by atoms with Gasteiger partial charge in [0.1, 0.15) is 6.54 Å². The Morgan fingerprint density at radius 3 is 2.70 bits per heavy atom. The third-order valence-electron chi connectivity index (χ3n) is 5.18. The molecule has 0 unspecified atom stereocenters. The van der Waals surface area contributed by atoms with E-state index in [-0.39, 0.29) is 18.4 Å². The molecule has 0 saturated heterocycles. The number of carbonyl (C=O) groups excluding carboxylic acids is 2. The standard InChI is InChI=1S/C21H20N6O2S/c1-13(20(29)26-12-18(28)23-16-4-2-3-5-17(16)26)30-21-25-24-19(27(21)15-6-7-15)14-8-10-22-11-9-14/h2-5,8-11,13,15H,6-7,12H2,1H3,(H,23,28)/t13-/m0/s1. The second kappa shape index (κ2) is 7.56. The van der Waals surface area contributed by atoms with Crippen LogP contribution in [0, 0.1) is 0 Å². The Kier molecular flexibility index (Phi) is 4.74. The first-order valence-electron chi connectivity index (χ1n) is 9.84. The number of para-hydroxylation sites is 2. The van der Waals surface area contributed by atoms with Crippen molar-refractivity contribution in [3.63, 3.8) is 0 Å². The Balaban J connectivity index is 1.41. The van der Waals surface area contributed by atoms with Crippen molar-refractivity contribution >= 4 is 35.0 Å². The predicted molar refractivity (Wildman–Crippen MR) is 114 cm³/mol. The molecule has 152 valence electrons. The van der Waals surface area contributed by atoms with Crippen LogP contribution in [0.15, 0.2) is 53.9 Å². The highest BCUT2D eigenvalue weighted by Crippen LogP contribution is 2.42. The van der Waals surface area contributed by atoms with Gasteiger partial charge in [-0.25, -0.2) is 0 Å². The molecule has 1 atom stereocenters. The maximum atomic E-state index is 13.2. The lowest BCUT2D eigenvalue weighted by Gasteiger charge is -2.30. The maximum absolute atomic E-state index is 13.2. The molecule has 0 spiro atoms. The number of fused-ring (bicyclic) bond motifs is 1. The summed E-state index contributed by atoms with van der Waals surface area (Å²) in [4.78, 5) is 31.0. The minimum absolute atomic E-state index is 0.0122. The number of nitrogens with zero attached hydrogens (tertiary/aromatic N) is 5. The smallest absolute Gasteiger partial charge is 0.244 e. The summed E-state index contributed by atoms with van der Waals surface area (Å²) in [5, 5.41) is 11.9. The van der Waals surface area contributed by atoms with Gasteiger partial charge >= 0.3 is 0 Å². The van der Waals surface area contributed by atoms with Crippen molar-refractivity contribution in [2.45, 2.75) is 36.2 Å². The minimum Gasteiger partial charge on any atom is -0.323 e. The van der Waals surface area contributed by atoms with Gasteiger partial charge in [0.25, 0.3) is 0 Å². The van der Waals surface area contributed by atoms with Crippen molar-refractivity contribution in [2.75, 3.05) is 16.8 Å². The van der Waals surface area contributed by atoms with Crippen molar-refractivity contribution in [3.05, 3.63) is 48.8 Å². The molecule has 1 aliphatic carbocycles. The normalized spacial score (nSPS) is 16.7. The lowest BCUT2D eigenvalue weighted by molar-refractivity contribution is -0.121. The molecular weight excluding hydrogens is 400 g/mol. The summed E-state index contributed by atoms with van der Waals surface area (Å²) >= 11 is 1.38. The largest absolute Gasteiger partial charge is 0.323 e. The van der Waals surface area contributed by atoms with Crippen molar-refractivity contribution in [1.82, 2.24) is 19.7 Å². The number of nitrogens with one attached hydrogen (secondary N) is 1. The Bertz CT molecular complexity index is 1110. The number of rotatable bonds is 5. The lowest BCUT2D eigenvalue weighted by Crippen LogP contribution is -2.45. The minimum atomic E-state index is -0.420. The Hall–Kier alpha value is -3.20. The van der Waals surface area contributed by atoms with Crippen LogP contribution in [0.3, 0.4) is 0 Å².